The Bertz CT molecular complexity index is 470. The number of rotatable bonds is 1. The Hall–Kier alpha value is -1.91. The van der Waals surface area contributed by atoms with Gasteiger partial charge in [0.2, 0.25) is 0 Å². The highest BCUT2D eigenvalue weighted by Gasteiger charge is 2.06. The second-order valence-electron chi connectivity index (χ2n) is 2.76. The van der Waals surface area contributed by atoms with Crippen molar-refractivity contribution < 1.29 is 0 Å². The van der Waals surface area contributed by atoms with Crippen LogP contribution in [0.3, 0.4) is 0 Å². The first kappa shape index (κ1) is 7.72. The van der Waals surface area contributed by atoms with Gasteiger partial charge in [-0.2, -0.15) is 5.10 Å². The predicted octanol–water partition coefficient (Wildman–Crippen LogP) is 0.322. The zero-order valence-electron chi connectivity index (χ0n) is 7.15. The van der Waals surface area contributed by atoms with E-state index >= 15 is 0 Å². The first-order valence-electron chi connectivity index (χ1n) is 3.85. The predicted molar refractivity (Wildman–Crippen MR) is 48.7 cm³/mol. The minimum Gasteiger partial charge on any atom is -0.384 e. The zero-order valence-corrected chi connectivity index (χ0v) is 7.15. The van der Waals surface area contributed by atoms with Gasteiger partial charge in [-0.25, -0.2) is 9.50 Å². The SMILES string of the molecule is Cc1nc2c(C(=N)N)cccn2n1. The third kappa shape index (κ3) is 1.14. The Balaban J connectivity index is 2.82. The Morgan fingerprint density at radius 3 is 3.08 bits per heavy atom. The van der Waals surface area contributed by atoms with Gasteiger partial charge in [-0.05, 0) is 19.1 Å². The van der Waals surface area contributed by atoms with Crippen molar-refractivity contribution >= 4 is 11.5 Å². The van der Waals surface area contributed by atoms with Gasteiger partial charge in [0, 0.05) is 6.20 Å². The van der Waals surface area contributed by atoms with Gasteiger partial charge in [0.1, 0.15) is 11.7 Å². The molecule has 3 N–H and O–H groups in total. The monoisotopic (exact) mass is 175 g/mol. The minimum atomic E-state index is 0.0120. The third-order valence-electron chi connectivity index (χ3n) is 1.76. The van der Waals surface area contributed by atoms with E-state index in [1.807, 2.05) is 0 Å². The molecule has 0 amide bonds. The number of pyridine rings is 1. The van der Waals surface area contributed by atoms with Gasteiger partial charge in [0.05, 0.1) is 5.56 Å². The van der Waals surface area contributed by atoms with Gasteiger partial charge in [0.25, 0.3) is 0 Å². The maximum Gasteiger partial charge on any atom is 0.166 e. The van der Waals surface area contributed by atoms with Crippen molar-refractivity contribution in [1.29, 1.82) is 5.41 Å². The molecular formula is C8H9N5. The maximum absolute atomic E-state index is 7.32. The summed E-state index contributed by atoms with van der Waals surface area (Å²) in [5.74, 6) is 0.687. The molecule has 0 bridgehead atoms. The highest BCUT2D eigenvalue weighted by molar-refractivity contribution is 6.00. The van der Waals surface area contributed by atoms with Crippen LogP contribution >= 0.6 is 0 Å². The molecule has 0 aliphatic rings. The molecule has 2 aromatic rings. The average Bonchev–Trinajstić information content (AvgIpc) is 2.43. The van der Waals surface area contributed by atoms with Gasteiger partial charge >= 0.3 is 0 Å². The molecule has 0 atom stereocenters. The van der Waals surface area contributed by atoms with Crippen LogP contribution in [0.25, 0.3) is 5.65 Å². The van der Waals surface area contributed by atoms with Crippen LogP contribution in [0.4, 0.5) is 0 Å². The summed E-state index contributed by atoms with van der Waals surface area (Å²) < 4.78 is 1.62. The maximum atomic E-state index is 7.32. The van der Waals surface area contributed by atoms with Gasteiger partial charge in [-0.15, -0.1) is 0 Å². The highest BCUT2D eigenvalue weighted by atomic mass is 15.3. The Morgan fingerprint density at radius 2 is 2.38 bits per heavy atom. The summed E-state index contributed by atoms with van der Waals surface area (Å²) in [6, 6.07) is 3.55. The van der Waals surface area contributed by atoms with Gasteiger partial charge in [-0.3, -0.25) is 5.41 Å². The summed E-state index contributed by atoms with van der Waals surface area (Å²) in [4.78, 5) is 4.17. The number of hydrogen-bond donors (Lipinski definition) is 2. The number of fused-ring (bicyclic) bond motifs is 1. The van der Waals surface area contributed by atoms with Crippen molar-refractivity contribution in [2.24, 2.45) is 5.73 Å². The zero-order chi connectivity index (χ0) is 9.42. The van der Waals surface area contributed by atoms with Crippen molar-refractivity contribution in [3.8, 4) is 0 Å². The minimum absolute atomic E-state index is 0.0120. The number of nitrogen functional groups attached to an aromatic ring is 1. The number of nitrogens with one attached hydrogen (secondary N) is 1. The summed E-state index contributed by atoms with van der Waals surface area (Å²) in [5, 5.41) is 11.4. The van der Waals surface area contributed by atoms with Crippen LogP contribution in [0.15, 0.2) is 18.3 Å². The standard InChI is InChI=1S/C8H9N5/c1-5-11-8-6(7(9)10)3-2-4-13(8)12-5/h2-4H,1H3,(H3,9,10). The first-order chi connectivity index (χ1) is 6.18. The summed E-state index contributed by atoms with van der Waals surface area (Å²) in [6.07, 6.45) is 1.78. The number of aromatic nitrogens is 3. The van der Waals surface area contributed by atoms with Crippen molar-refractivity contribution in [1.82, 2.24) is 14.6 Å². The number of amidine groups is 1. The molecule has 2 aromatic heterocycles. The Morgan fingerprint density at radius 1 is 1.62 bits per heavy atom. The molecule has 0 spiro atoms. The second kappa shape index (κ2) is 2.55. The Kier molecular flexibility index (Phi) is 1.51. The fraction of sp³-hybridized carbons (Fsp3) is 0.125. The summed E-state index contributed by atoms with van der Waals surface area (Å²) in [5.41, 5.74) is 6.64. The van der Waals surface area contributed by atoms with Crippen LogP contribution in [0.1, 0.15) is 11.4 Å². The molecule has 0 aliphatic carbocycles. The quantitative estimate of drug-likeness (QED) is 0.484. The Labute approximate surface area is 74.7 Å². The van der Waals surface area contributed by atoms with Crippen LogP contribution in [0, 0.1) is 12.3 Å². The van der Waals surface area contributed by atoms with Crippen molar-refractivity contribution in [2.45, 2.75) is 6.92 Å². The highest BCUT2D eigenvalue weighted by Crippen LogP contribution is 2.07. The lowest BCUT2D eigenvalue weighted by Gasteiger charge is -1.98. The van der Waals surface area contributed by atoms with Gasteiger partial charge < -0.3 is 5.73 Å². The van der Waals surface area contributed by atoms with E-state index in [2.05, 4.69) is 10.1 Å². The third-order valence-corrected chi connectivity index (χ3v) is 1.76. The van der Waals surface area contributed by atoms with E-state index in [1.54, 1.807) is 29.8 Å². The number of aryl methyl sites for hydroxylation is 1. The topological polar surface area (TPSA) is 80.1 Å². The van der Waals surface area contributed by atoms with Crippen molar-refractivity contribution in [3.05, 3.63) is 29.7 Å². The van der Waals surface area contributed by atoms with Gasteiger partial charge in [0.15, 0.2) is 5.65 Å². The molecule has 0 saturated carbocycles. The summed E-state index contributed by atoms with van der Waals surface area (Å²) in [7, 11) is 0. The van der Waals surface area contributed by atoms with Crippen molar-refractivity contribution in [2.75, 3.05) is 0 Å². The molecule has 0 radical (unpaired) electrons. The van der Waals surface area contributed by atoms with E-state index in [0.717, 1.165) is 0 Å². The molecule has 0 saturated heterocycles. The molecule has 66 valence electrons. The molecular weight excluding hydrogens is 166 g/mol. The lowest BCUT2D eigenvalue weighted by molar-refractivity contribution is 0.929. The van der Waals surface area contributed by atoms with E-state index in [-0.39, 0.29) is 5.84 Å². The van der Waals surface area contributed by atoms with E-state index < -0.39 is 0 Å². The van der Waals surface area contributed by atoms with Crippen LogP contribution in [0.5, 0.6) is 0 Å². The lowest BCUT2D eigenvalue weighted by Crippen LogP contribution is -2.12. The first-order valence-corrected chi connectivity index (χ1v) is 3.85. The normalized spacial score (nSPS) is 10.5. The molecule has 5 heteroatoms. The van der Waals surface area contributed by atoms with Crippen LogP contribution in [0.2, 0.25) is 0 Å². The fourth-order valence-electron chi connectivity index (χ4n) is 1.22. The number of nitrogens with zero attached hydrogens (tertiary/aromatic N) is 3. The molecule has 0 aliphatic heterocycles. The van der Waals surface area contributed by atoms with E-state index in [4.69, 9.17) is 11.1 Å². The fourth-order valence-corrected chi connectivity index (χ4v) is 1.22. The van der Waals surface area contributed by atoms with Crippen LogP contribution in [-0.4, -0.2) is 20.4 Å². The van der Waals surface area contributed by atoms with Crippen molar-refractivity contribution in [3.63, 3.8) is 0 Å². The molecule has 0 unspecified atom stereocenters. The molecule has 13 heavy (non-hydrogen) atoms. The average molecular weight is 175 g/mol. The van der Waals surface area contributed by atoms with Crippen LogP contribution < -0.4 is 5.73 Å². The summed E-state index contributed by atoms with van der Waals surface area (Å²) >= 11 is 0. The van der Waals surface area contributed by atoms with E-state index in [9.17, 15) is 0 Å². The summed E-state index contributed by atoms with van der Waals surface area (Å²) in [6.45, 7) is 1.80. The molecule has 0 aromatic carbocycles. The molecule has 2 rings (SSSR count). The molecule has 5 nitrogen and oxygen atoms in total. The molecule has 0 fully saturated rings. The number of hydrogen-bond acceptors (Lipinski definition) is 3. The van der Waals surface area contributed by atoms with Gasteiger partial charge in [-0.1, -0.05) is 0 Å². The smallest absolute Gasteiger partial charge is 0.166 e. The second-order valence-corrected chi connectivity index (χ2v) is 2.76. The van der Waals surface area contributed by atoms with E-state index in [1.165, 1.54) is 0 Å². The van der Waals surface area contributed by atoms with Crippen LogP contribution in [-0.2, 0) is 0 Å². The molecule has 2 heterocycles. The largest absolute Gasteiger partial charge is 0.384 e. The van der Waals surface area contributed by atoms with E-state index in [0.29, 0.717) is 17.0 Å². The lowest BCUT2D eigenvalue weighted by atomic mass is 10.2. The number of nitrogens with two attached hydrogens (primary N) is 1.